The fourth-order valence-corrected chi connectivity index (χ4v) is 3.48. The number of carbonyl (C=O) groups is 3. The van der Waals surface area contributed by atoms with Gasteiger partial charge in [0.25, 0.3) is 0 Å². The highest BCUT2D eigenvalue weighted by atomic mass is 16.2. The number of amides is 3. The van der Waals surface area contributed by atoms with Gasteiger partial charge in [-0.2, -0.15) is 0 Å². The highest BCUT2D eigenvalue weighted by Crippen LogP contribution is 2.40. The maximum atomic E-state index is 12.8. The first kappa shape index (κ1) is 18.0. The SMILES string of the molecule is CC(C)CC1(CC(N)=O)CCN(CC(=O)Nc2ccccc2)C1=O. The molecule has 0 aromatic heterocycles. The van der Waals surface area contributed by atoms with Gasteiger partial charge in [0.1, 0.15) is 0 Å². The van der Waals surface area contributed by atoms with Crippen LogP contribution >= 0.6 is 0 Å². The highest BCUT2D eigenvalue weighted by molar-refractivity contribution is 5.97. The normalized spacial score (nSPS) is 20.5. The lowest BCUT2D eigenvalue weighted by Crippen LogP contribution is -2.41. The van der Waals surface area contributed by atoms with Gasteiger partial charge in [0.2, 0.25) is 17.7 Å². The average molecular weight is 331 g/mol. The maximum Gasteiger partial charge on any atom is 0.243 e. The predicted octanol–water partition coefficient (Wildman–Crippen LogP) is 1.77. The van der Waals surface area contributed by atoms with Gasteiger partial charge in [0.15, 0.2) is 0 Å². The number of para-hydroxylation sites is 1. The van der Waals surface area contributed by atoms with Gasteiger partial charge < -0.3 is 16.0 Å². The summed E-state index contributed by atoms with van der Waals surface area (Å²) in [6.07, 6.45) is 1.21. The van der Waals surface area contributed by atoms with E-state index in [0.29, 0.717) is 25.1 Å². The molecule has 3 amide bonds. The molecule has 6 heteroatoms. The highest BCUT2D eigenvalue weighted by Gasteiger charge is 2.48. The van der Waals surface area contributed by atoms with Crippen LogP contribution in [0.4, 0.5) is 5.69 Å². The van der Waals surface area contributed by atoms with Crippen molar-refractivity contribution in [3.63, 3.8) is 0 Å². The van der Waals surface area contributed by atoms with Crippen LogP contribution in [-0.2, 0) is 14.4 Å². The van der Waals surface area contributed by atoms with Gasteiger partial charge in [-0.3, -0.25) is 14.4 Å². The molecular formula is C18H25N3O3. The van der Waals surface area contributed by atoms with Gasteiger partial charge in [-0.25, -0.2) is 0 Å². The van der Waals surface area contributed by atoms with E-state index in [0.717, 1.165) is 0 Å². The van der Waals surface area contributed by atoms with Crippen LogP contribution in [0.5, 0.6) is 0 Å². The number of likely N-dealkylation sites (tertiary alicyclic amines) is 1. The van der Waals surface area contributed by atoms with E-state index >= 15 is 0 Å². The average Bonchev–Trinajstić information content (AvgIpc) is 2.76. The lowest BCUT2D eigenvalue weighted by Gasteiger charge is -2.28. The molecule has 130 valence electrons. The monoisotopic (exact) mass is 331 g/mol. The number of rotatable bonds is 7. The molecule has 6 nitrogen and oxygen atoms in total. The molecule has 1 saturated heterocycles. The minimum absolute atomic E-state index is 0.00760. The van der Waals surface area contributed by atoms with E-state index in [4.69, 9.17) is 5.73 Å². The number of carbonyl (C=O) groups excluding carboxylic acids is 3. The van der Waals surface area contributed by atoms with Gasteiger partial charge in [0.05, 0.1) is 12.0 Å². The molecule has 0 saturated carbocycles. The maximum absolute atomic E-state index is 12.8. The molecule has 0 radical (unpaired) electrons. The minimum atomic E-state index is -0.757. The van der Waals surface area contributed by atoms with Crippen molar-refractivity contribution in [1.29, 1.82) is 0 Å². The van der Waals surface area contributed by atoms with Gasteiger partial charge in [-0.1, -0.05) is 32.0 Å². The number of benzene rings is 1. The van der Waals surface area contributed by atoms with Crippen LogP contribution in [0.25, 0.3) is 0 Å². The molecule has 1 unspecified atom stereocenters. The predicted molar refractivity (Wildman–Crippen MR) is 92.0 cm³/mol. The van der Waals surface area contributed by atoms with Crippen molar-refractivity contribution in [3.8, 4) is 0 Å². The van der Waals surface area contributed by atoms with Gasteiger partial charge in [-0.05, 0) is 30.9 Å². The molecule has 1 aliphatic heterocycles. The minimum Gasteiger partial charge on any atom is -0.370 e. The fraction of sp³-hybridized carbons (Fsp3) is 0.500. The summed E-state index contributed by atoms with van der Waals surface area (Å²) in [7, 11) is 0. The fourth-order valence-electron chi connectivity index (χ4n) is 3.48. The topological polar surface area (TPSA) is 92.5 Å². The van der Waals surface area contributed by atoms with Gasteiger partial charge in [0, 0.05) is 18.7 Å². The number of nitrogens with two attached hydrogens (primary N) is 1. The molecule has 2 rings (SSSR count). The molecule has 0 spiro atoms. The molecule has 1 aromatic rings. The molecule has 1 aromatic carbocycles. The van der Waals surface area contributed by atoms with Crippen molar-refractivity contribution in [1.82, 2.24) is 4.90 Å². The zero-order valence-electron chi connectivity index (χ0n) is 14.2. The number of nitrogens with zero attached hydrogens (tertiary/aromatic N) is 1. The van der Waals surface area contributed by atoms with Gasteiger partial charge >= 0.3 is 0 Å². The molecule has 0 bridgehead atoms. The van der Waals surface area contributed by atoms with E-state index in [2.05, 4.69) is 5.32 Å². The Hall–Kier alpha value is -2.37. The van der Waals surface area contributed by atoms with E-state index in [9.17, 15) is 14.4 Å². The summed E-state index contributed by atoms with van der Waals surface area (Å²) in [4.78, 5) is 38.0. The Balaban J connectivity index is 2.03. The molecule has 1 aliphatic rings. The Morgan fingerprint density at radius 3 is 2.54 bits per heavy atom. The molecule has 3 N–H and O–H groups in total. The van der Waals surface area contributed by atoms with E-state index in [-0.39, 0.29) is 30.7 Å². The zero-order chi connectivity index (χ0) is 17.7. The second-order valence-corrected chi connectivity index (χ2v) is 6.91. The molecule has 0 aliphatic carbocycles. The molecule has 1 fully saturated rings. The first-order valence-corrected chi connectivity index (χ1v) is 8.25. The third kappa shape index (κ3) is 4.34. The Morgan fingerprint density at radius 2 is 1.96 bits per heavy atom. The van der Waals surface area contributed by atoms with Crippen molar-refractivity contribution in [2.75, 3.05) is 18.4 Å². The summed E-state index contributed by atoms with van der Waals surface area (Å²) in [6.45, 7) is 4.50. The van der Waals surface area contributed by atoms with Crippen molar-refractivity contribution in [2.45, 2.75) is 33.1 Å². The number of hydrogen-bond acceptors (Lipinski definition) is 3. The Bertz CT molecular complexity index is 615. The summed E-state index contributed by atoms with van der Waals surface area (Å²) in [5.74, 6) is -0.585. The van der Waals surface area contributed by atoms with Crippen LogP contribution in [0, 0.1) is 11.3 Å². The van der Waals surface area contributed by atoms with Crippen LogP contribution in [0.15, 0.2) is 30.3 Å². The van der Waals surface area contributed by atoms with Crippen molar-refractivity contribution in [2.24, 2.45) is 17.1 Å². The lowest BCUT2D eigenvalue weighted by molar-refractivity contribution is -0.141. The number of hydrogen-bond donors (Lipinski definition) is 2. The quantitative estimate of drug-likeness (QED) is 0.797. The second-order valence-electron chi connectivity index (χ2n) is 6.91. The molecule has 1 atom stereocenters. The summed E-state index contributed by atoms with van der Waals surface area (Å²) in [6, 6.07) is 9.11. The van der Waals surface area contributed by atoms with E-state index in [1.807, 2.05) is 32.0 Å². The standard InChI is InChI=1S/C18H25N3O3/c1-13(2)10-18(11-15(19)22)8-9-21(17(18)24)12-16(23)20-14-6-4-3-5-7-14/h3-7,13H,8-12H2,1-2H3,(H2,19,22)(H,20,23). The summed E-state index contributed by atoms with van der Waals surface area (Å²) in [5, 5.41) is 2.77. The smallest absolute Gasteiger partial charge is 0.243 e. The first-order valence-electron chi connectivity index (χ1n) is 8.25. The molecular weight excluding hydrogens is 306 g/mol. The third-order valence-electron chi connectivity index (χ3n) is 4.30. The van der Waals surface area contributed by atoms with E-state index in [1.165, 1.54) is 4.90 Å². The zero-order valence-corrected chi connectivity index (χ0v) is 14.2. The van der Waals surface area contributed by atoms with E-state index < -0.39 is 11.3 Å². The largest absolute Gasteiger partial charge is 0.370 e. The van der Waals surface area contributed by atoms with Crippen LogP contribution in [0.2, 0.25) is 0 Å². The van der Waals surface area contributed by atoms with Crippen molar-refractivity contribution in [3.05, 3.63) is 30.3 Å². The van der Waals surface area contributed by atoms with E-state index in [1.54, 1.807) is 12.1 Å². The Kier molecular flexibility index (Phi) is 5.59. The molecule has 1 heterocycles. The van der Waals surface area contributed by atoms with Crippen molar-refractivity contribution >= 4 is 23.4 Å². The number of anilines is 1. The van der Waals surface area contributed by atoms with Gasteiger partial charge in [-0.15, -0.1) is 0 Å². The van der Waals surface area contributed by atoms with Crippen LogP contribution in [0.1, 0.15) is 33.1 Å². The molecule has 24 heavy (non-hydrogen) atoms. The van der Waals surface area contributed by atoms with Crippen LogP contribution in [0.3, 0.4) is 0 Å². The Labute approximate surface area is 142 Å². The van der Waals surface area contributed by atoms with Crippen molar-refractivity contribution < 1.29 is 14.4 Å². The van der Waals surface area contributed by atoms with Crippen LogP contribution < -0.4 is 11.1 Å². The number of nitrogens with one attached hydrogen (secondary N) is 1. The summed E-state index contributed by atoms with van der Waals surface area (Å²) in [5.41, 5.74) is 5.29. The first-order chi connectivity index (χ1) is 11.3. The number of primary amides is 1. The summed E-state index contributed by atoms with van der Waals surface area (Å²) < 4.78 is 0. The van der Waals surface area contributed by atoms with Crippen LogP contribution in [-0.4, -0.2) is 35.7 Å². The second kappa shape index (κ2) is 7.47. The Morgan fingerprint density at radius 1 is 1.29 bits per heavy atom. The lowest BCUT2D eigenvalue weighted by atomic mass is 9.76. The summed E-state index contributed by atoms with van der Waals surface area (Å²) >= 11 is 0. The third-order valence-corrected chi connectivity index (χ3v) is 4.30.